The Kier molecular flexibility index (Phi) is 11.5. The van der Waals surface area contributed by atoms with E-state index in [1.165, 1.54) is 0 Å². The van der Waals surface area contributed by atoms with Gasteiger partial charge in [0.15, 0.2) is 10.8 Å². The summed E-state index contributed by atoms with van der Waals surface area (Å²) < 4.78 is 64.1. The number of rotatable bonds is 6. The summed E-state index contributed by atoms with van der Waals surface area (Å²) in [5.74, 6) is -6.44. The Morgan fingerprint density at radius 2 is 1.21 bits per heavy atom. The van der Waals surface area contributed by atoms with Crippen LogP contribution in [0.5, 0.6) is 0 Å². The topological polar surface area (TPSA) is 88.6 Å². The molecule has 0 aliphatic carbocycles. The number of halogens is 8. The van der Waals surface area contributed by atoms with Gasteiger partial charge in [-0.25, -0.2) is 15.0 Å². The molecular weight excluding hydrogens is 625 g/mol. The summed E-state index contributed by atoms with van der Waals surface area (Å²) in [6.07, 6.45) is 1.07. The van der Waals surface area contributed by atoms with Gasteiger partial charge in [-0.2, -0.15) is 17.6 Å². The number of hydrogen-bond acceptors (Lipinski definition) is 5. The summed E-state index contributed by atoms with van der Waals surface area (Å²) in [4.78, 5) is 25.4. The summed E-state index contributed by atoms with van der Waals surface area (Å²) in [7, 11) is 0. The summed E-state index contributed by atoms with van der Waals surface area (Å²) in [5.41, 5.74) is -0.461. The van der Waals surface area contributed by atoms with Gasteiger partial charge in [0.1, 0.15) is 5.69 Å². The fourth-order valence-corrected chi connectivity index (χ4v) is 3.32. The van der Waals surface area contributed by atoms with Crippen molar-refractivity contribution in [3.05, 3.63) is 101 Å². The molecule has 0 unspecified atom stereocenters. The maximum Gasteiger partial charge on any atom is 0.339 e. The van der Waals surface area contributed by atoms with Gasteiger partial charge in [0, 0.05) is 12.8 Å². The number of nitrogens with one attached hydrogen (secondary N) is 1. The zero-order valence-corrected chi connectivity index (χ0v) is 23.6. The van der Waals surface area contributed by atoms with Crippen molar-refractivity contribution in [1.29, 1.82) is 0 Å². The molecule has 0 amide bonds. The Labute approximate surface area is 239 Å². The number of H-pyrrole nitrogens is 1. The van der Waals surface area contributed by atoms with E-state index in [-0.39, 0.29) is 5.15 Å². The van der Waals surface area contributed by atoms with E-state index >= 15 is 0 Å². The predicted molar refractivity (Wildman–Crippen MR) is 149 cm³/mol. The highest BCUT2D eigenvalue weighted by molar-refractivity contribution is 8.24. The zero-order valence-electron chi connectivity index (χ0n) is 19.7. The molecule has 0 bridgehead atoms. The zero-order chi connectivity index (χ0) is 29.4. The van der Waals surface area contributed by atoms with Gasteiger partial charge >= 0.3 is 5.20 Å². The van der Waals surface area contributed by atoms with Crippen LogP contribution in [0.1, 0.15) is 24.2 Å². The largest absolute Gasteiger partial charge is 0.339 e. The third kappa shape index (κ3) is 9.89. The van der Waals surface area contributed by atoms with Crippen molar-refractivity contribution in [2.24, 2.45) is 0 Å². The van der Waals surface area contributed by atoms with Crippen molar-refractivity contribution in [2.75, 3.05) is 0 Å². The minimum absolute atomic E-state index is 0.268. The molecule has 15 heteroatoms. The van der Waals surface area contributed by atoms with Crippen molar-refractivity contribution in [1.82, 2.24) is 19.9 Å². The van der Waals surface area contributed by atoms with E-state index in [4.69, 9.17) is 11.6 Å². The standard InChI is InChI=1S/C12H9ClF2N2.C12H10F2N2O.Cl3OP/c1-2-7-12(14,15)10-11(13)17-9-6-4-3-5-8(9)16-10;1-2-7-12(13,14)10-11(17)16-9-6-4-3-5-8(9)15-10;1-5(2,3)4/h2-6H,1,7H2;2-6H,1,7H2,(H,16,17);. The van der Waals surface area contributed by atoms with Crippen LogP contribution in [0.3, 0.4) is 0 Å². The number of fused-ring (bicyclic) bond motifs is 2. The average molecular weight is 644 g/mol. The molecule has 0 saturated heterocycles. The number of alkyl halides is 4. The second-order valence-corrected chi connectivity index (χ2v) is 14.6. The van der Waals surface area contributed by atoms with E-state index in [0.717, 1.165) is 12.2 Å². The summed E-state index contributed by atoms with van der Waals surface area (Å²) in [6, 6.07) is 13.3. The first-order valence-corrected chi connectivity index (χ1v) is 15.5. The van der Waals surface area contributed by atoms with Gasteiger partial charge in [-0.1, -0.05) is 48.0 Å². The minimum atomic E-state index is -3.29. The van der Waals surface area contributed by atoms with E-state index in [9.17, 15) is 26.9 Å². The maximum absolute atomic E-state index is 13.7. The molecule has 2 heterocycles. The molecule has 6 nitrogen and oxygen atoms in total. The molecule has 208 valence electrons. The first-order valence-electron chi connectivity index (χ1n) is 10.7. The molecule has 39 heavy (non-hydrogen) atoms. The second-order valence-electron chi connectivity index (χ2n) is 7.58. The quantitative estimate of drug-likeness (QED) is 0.128. The van der Waals surface area contributed by atoms with Gasteiger partial charge in [0.05, 0.1) is 22.1 Å². The van der Waals surface area contributed by atoms with Gasteiger partial charge in [-0.3, -0.25) is 9.36 Å². The molecule has 0 spiro atoms. The summed E-state index contributed by atoms with van der Waals surface area (Å²) in [6.45, 7) is 6.54. The number of para-hydroxylation sites is 4. The average Bonchev–Trinajstić information content (AvgIpc) is 2.82. The fourth-order valence-electron chi connectivity index (χ4n) is 3.04. The molecule has 0 saturated carbocycles. The van der Waals surface area contributed by atoms with E-state index in [0.29, 0.717) is 22.1 Å². The number of aromatic nitrogens is 4. The lowest BCUT2D eigenvalue weighted by molar-refractivity contribution is -0.00684. The van der Waals surface area contributed by atoms with Crippen LogP contribution in [0, 0.1) is 0 Å². The van der Waals surface area contributed by atoms with Crippen molar-refractivity contribution in [3.8, 4) is 0 Å². The van der Waals surface area contributed by atoms with E-state index < -0.39 is 46.8 Å². The van der Waals surface area contributed by atoms with Gasteiger partial charge in [-0.15, -0.1) is 13.2 Å². The molecule has 4 aromatic rings. The highest BCUT2D eigenvalue weighted by Gasteiger charge is 2.36. The highest BCUT2D eigenvalue weighted by Crippen LogP contribution is 2.61. The summed E-state index contributed by atoms with van der Waals surface area (Å²) >= 11 is 19.6. The molecule has 0 aliphatic rings. The molecule has 0 atom stereocenters. The molecule has 0 radical (unpaired) electrons. The third-order valence-electron chi connectivity index (χ3n) is 4.62. The van der Waals surface area contributed by atoms with Crippen molar-refractivity contribution in [3.63, 3.8) is 0 Å². The molecular formula is C24H19Cl4F4N4O2P. The van der Waals surface area contributed by atoms with Gasteiger partial charge < -0.3 is 4.98 Å². The Morgan fingerprint density at radius 1 is 0.795 bits per heavy atom. The Balaban J connectivity index is 0.000000234. The maximum atomic E-state index is 13.7. The Bertz CT molecular complexity index is 1570. The number of hydrogen-bond donors (Lipinski definition) is 1. The van der Waals surface area contributed by atoms with Gasteiger partial charge in [0.25, 0.3) is 17.4 Å². The Hall–Kier alpha value is -2.49. The van der Waals surface area contributed by atoms with Crippen molar-refractivity contribution >= 4 is 72.6 Å². The SMILES string of the molecule is C=CCC(F)(F)c1nc2ccccc2[nH]c1=O.C=CCC(F)(F)c1nc2ccccc2nc1Cl.O=P(Cl)(Cl)Cl. The van der Waals surface area contributed by atoms with Gasteiger partial charge in [-0.05, 0) is 58.0 Å². The van der Waals surface area contributed by atoms with Gasteiger partial charge in [0.2, 0.25) is 0 Å². The molecule has 0 fully saturated rings. The van der Waals surface area contributed by atoms with Crippen LogP contribution in [0.15, 0.2) is 78.6 Å². The first kappa shape index (κ1) is 32.7. The molecule has 2 aromatic heterocycles. The molecule has 2 aromatic carbocycles. The lowest BCUT2D eigenvalue weighted by atomic mass is 10.1. The fraction of sp³-hybridized carbons (Fsp3) is 0.167. The van der Waals surface area contributed by atoms with Crippen LogP contribution >= 0.6 is 50.5 Å². The smallest absolute Gasteiger partial charge is 0.319 e. The van der Waals surface area contributed by atoms with Crippen LogP contribution in [0.2, 0.25) is 5.15 Å². The number of allylic oxidation sites excluding steroid dienone is 2. The second kappa shape index (κ2) is 13.7. The van der Waals surface area contributed by atoms with Crippen LogP contribution in [0.25, 0.3) is 22.1 Å². The van der Waals surface area contributed by atoms with Crippen LogP contribution in [-0.4, -0.2) is 19.9 Å². The lowest BCUT2D eigenvalue weighted by Crippen LogP contribution is -2.26. The van der Waals surface area contributed by atoms with Crippen molar-refractivity contribution < 1.29 is 22.1 Å². The monoisotopic (exact) mass is 642 g/mol. The molecule has 4 rings (SSSR count). The normalized spacial score (nSPS) is 11.7. The summed E-state index contributed by atoms with van der Waals surface area (Å²) in [5, 5.41) is -3.49. The van der Waals surface area contributed by atoms with Crippen LogP contribution in [-0.2, 0) is 16.4 Å². The third-order valence-corrected chi connectivity index (χ3v) is 4.89. The molecule has 1 N–H and O–H groups in total. The number of benzene rings is 2. The van der Waals surface area contributed by atoms with Crippen LogP contribution < -0.4 is 5.56 Å². The molecule has 0 aliphatic heterocycles. The number of nitrogens with zero attached hydrogens (tertiary/aromatic N) is 3. The Morgan fingerprint density at radius 3 is 1.72 bits per heavy atom. The highest BCUT2D eigenvalue weighted by atomic mass is 36.0. The predicted octanol–water partition coefficient (Wildman–Crippen LogP) is 9.35. The van der Waals surface area contributed by atoms with Crippen LogP contribution in [0.4, 0.5) is 17.6 Å². The lowest BCUT2D eigenvalue weighted by Gasteiger charge is -2.14. The minimum Gasteiger partial charge on any atom is -0.319 e. The van der Waals surface area contributed by atoms with E-state index in [1.807, 2.05) is 0 Å². The first-order chi connectivity index (χ1) is 18.1. The van der Waals surface area contributed by atoms with Crippen molar-refractivity contribution in [2.45, 2.75) is 24.7 Å². The van der Waals surface area contributed by atoms with E-state index in [2.05, 4.69) is 66.8 Å². The van der Waals surface area contributed by atoms with E-state index in [1.54, 1.807) is 48.5 Å². The number of aromatic amines is 1.